The van der Waals surface area contributed by atoms with E-state index in [1.807, 2.05) is 38.1 Å². The van der Waals surface area contributed by atoms with Gasteiger partial charge in [0.2, 0.25) is 0 Å². The van der Waals surface area contributed by atoms with Crippen molar-refractivity contribution in [3.63, 3.8) is 0 Å². The Morgan fingerprint density at radius 2 is 1.63 bits per heavy atom. The number of sulfone groups is 1. The molecule has 0 fully saturated rings. The zero-order chi connectivity index (χ0) is 19.6. The predicted octanol–water partition coefficient (Wildman–Crippen LogP) is 3.42. The Balaban J connectivity index is 1.84. The van der Waals surface area contributed by atoms with Gasteiger partial charge in [0.05, 0.1) is 5.69 Å². The Morgan fingerprint density at radius 3 is 2.22 bits per heavy atom. The van der Waals surface area contributed by atoms with Crippen LogP contribution in [0.15, 0.2) is 59.6 Å². The molecule has 0 atom stereocenters. The third kappa shape index (κ3) is 4.57. The van der Waals surface area contributed by atoms with E-state index in [1.54, 1.807) is 24.3 Å². The minimum Gasteiger partial charge on any atom is -0.322 e. The number of rotatable bonds is 4. The van der Waals surface area contributed by atoms with Crippen LogP contribution in [0.2, 0.25) is 0 Å². The van der Waals surface area contributed by atoms with Crippen LogP contribution in [0, 0.1) is 13.8 Å². The molecular formula is C20H19N3O3S. The quantitative estimate of drug-likeness (QED) is 0.748. The molecule has 138 valence electrons. The molecule has 6 nitrogen and oxygen atoms in total. The number of carbonyl (C=O) groups excluding carboxylic acids is 1. The number of carbonyl (C=O) groups is 1. The van der Waals surface area contributed by atoms with Crippen LogP contribution in [0.5, 0.6) is 0 Å². The minimum atomic E-state index is -3.39. The summed E-state index contributed by atoms with van der Waals surface area (Å²) in [6, 6.07) is 15.8. The van der Waals surface area contributed by atoms with Gasteiger partial charge >= 0.3 is 0 Å². The lowest BCUT2D eigenvalue weighted by molar-refractivity contribution is 0.102. The fourth-order valence-corrected chi connectivity index (χ4v) is 3.24. The molecule has 0 aliphatic heterocycles. The first kappa shape index (κ1) is 18.7. The standard InChI is InChI=1S/C20H19N3O3S/c1-13-9-14(2)11-16(10-13)20(24)21-17-6-4-5-15(12-17)18-7-8-19(23-22-18)27(3,25)26/h4-12H,1-3H3,(H,21,24). The average Bonchev–Trinajstić information content (AvgIpc) is 2.60. The number of hydrogen-bond acceptors (Lipinski definition) is 5. The molecule has 0 bridgehead atoms. The van der Waals surface area contributed by atoms with Crippen LogP contribution in [0.3, 0.4) is 0 Å². The Kier molecular flexibility index (Phi) is 5.05. The molecule has 3 rings (SSSR count). The zero-order valence-electron chi connectivity index (χ0n) is 15.2. The summed E-state index contributed by atoms with van der Waals surface area (Å²) in [7, 11) is -3.39. The van der Waals surface area contributed by atoms with Crippen molar-refractivity contribution in [1.82, 2.24) is 10.2 Å². The molecule has 0 unspecified atom stereocenters. The maximum atomic E-state index is 12.5. The summed E-state index contributed by atoms with van der Waals surface area (Å²) in [6.07, 6.45) is 1.08. The normalized spacial score (nSPS) is 11.2. The highest BCUT2D eigenvalue weighted by molar-refractivity contribution is 7.90. The van der Waals surface area contributed by atoms with Crippen molar-refractivity contribution < 1.29 is 13.2 Å². The number of hydrogen-bond donors (Lipinski definition) is 1. The summed E-state index contributed by atoms with van der Waals surface area (Å²) in [5.74, 6) is -0.197. The molecule has 0 spiro atoms. The highest BCUT2D eigenvalue weighted by atomic mass is 32.2. The van der Waals surface area contributed by atoms with E-state index in [0.29, 0.717) is 16.9 Å². The second kappa shape index (κ2) is 7.28. The van der Waals surface area contributed by atoms with Crippen molar-refractivity contribution in [2.75, 3.05) is 11.6 Å². The van der Waals surface area contributed by atoms with Gasteiger partial charge in [0, 0.05) is 23.1 Å². The molecule has 0 saturated carbocycles. The van der Waals surface area contributed by atoms with Crippen molar-refractivity contribution in [2.45, 2.75) is 18.9 Å². The maximum absolute atomic E-state index is 12.5. The second-order valence-corrected chi connectivity index (χ2v) is 8.40. The van der Waals surface area contributed by atoms with E-state index in [-0.39, 0.29) is 10.9 Å². The summed E-state index contributed by atoms with van der Waals surface area (Å²) < 4.78 is 23.0. The van der Waals surface area contributed by atoms with Gasteiger partial charge in [-0.15, -0.1) is 10.2 Å². The molecule has 7 heteroatoms. The van der Waals surface area contributed by atoms with Gasteiger partial charge < -0.3 is 5.32 Å². The van der Waals surface area contributed by atoms with Crippen molar-refractivity contribution in [2.24, 2.45) is 0 Å². The number of amides is 1. The summed E-state index contributed by atoms with van der Waals surface area (Å²) in [6.45, 7) is 3.90. The minimum absolute atomic E-state index is 0.0782. The van der Waals surface area contributed by atoms with Crippen molar-refractivity contribution in [1.29, 1.82) is 0 Å². The second-order valence-electron chi connectivity index (χ2n) is 6.44. The van der Waals surface area contributed by atoms with Gasteiger partial charge in [0.25, 0.3) is 5.91 Å². The monoisotopic (exact) mass is 381 g/mol. The lowest BCUT2D eigenvalue weighted by Gasteiger charge is -2.09. The van der Waals surface area contributed by atoms with E-state index in [9.17, 15) is 13.2 Å². The highest BCUT2D eigenvalue weighted by Crippen LogP contribution is 2.22. The topological polar surface area (TPSA) is 89.0 Å². The molecule has 2 aromatic carbocycles. The van der Waals surface area contributed by atoms with Crippen molar-refractivity contribution in [3.05, 3.63) is 71.3 Å². The molecule has 0 saturated heterocycles. The first-order valence-electron chi connectivity index (χ1n) is 8.26. The van der Waals surface area contributed by atoms with Gasteiger partial charge in [-0.2, -0.15) is 0 Å². The molecule has 1 amide bonds. The Bertz CT molecular complexity index is 1090. The number of aromatic nitrogens is 2. The van der Waals surface area contributed by atoms with Gasteiger partial charge in [-0.1, -0.05) is 29.3 Å². The fraction of sp³-hybridized carbons (Fsp3) is 0.150. The third-order valence-electron chi connectivity index (χ3n) is 3.92. The van der Waals surface area contributed by atoms with Gasteiger partial charge in [-0.05, 0) is 50.2 Å². The van der Waals surface area contributed by atoms with Gasteiger partial charge in [-0.3, -0.25) is 4.79 Å². The SMILES string of the molecule is Cc1cc(C)cc(C(=O)Nc2cccc(-c3ccc(S(C)(=O)=O)nn3)c2)c1. The summed E-state index contributed by atoms with van der Waals surface area (Å²) in [4.78, 5) is 12.5. The molecule has 1 heterocycles. The largest absolute Gasteiger partial charge is 0.322 e. The molecule has 27 heavy (non-hydrogen) atoms. The van der Waals surface area contributed by atoms with E-state index in [2.05, 4.69) is 15.5 Å². The number of benzene rings is 2. The van der Waals surface area contributed by atoms with Crippen LogP contribution in [0.1, 0.15) is 21.5 Å². The van der Waals surface area contributed by atoms with Crippen LogP contribution in [0.25, 0.3) is 11.3 Å². The molecule has 0 aliphatic carbocycles. The first-order valence-corrected chi connectivity index (χ1v) is 10.2. The van der Waals surface area contributed by atoms with Gasteiger partial charge in [0.1, 0.15) is 0 Å². The van der Waals surface area contributed by atoms with E-state index in [1.165, 1.54) is 6.07 Å². The van der Waals surface area contributed by atoms with E-state index in [4.69, 9.17) is 0 Å². The van der Waals surface area contributed by atoms with Crippen LogP contribution in [0.4, 0.5) is 5.69 Å². The first-order chi connectivity index (χ1) is 12.7. The van der Waals surface area contributed by atoms with Crippen molar-refractivity contribution >= 4 is 21.4 Å². The lowest BCUT2D eigenvalue weighted by atomic mass is 10.1. The molecule has 1 aromatic heterocycles. The van der Waals surface area contributed by atoms with Crippen LogP contribution >= 0.6 is 0 Å². The predicted molar refractivity (Wildman–Crippen MR) is 104 cm³/mol. The molecule has 0 aliphatic rings. The maximum Gasteiger partial charge on any atom is 0.255 e. The Labute approximate surface area is 158 Å². The summed E-state index contributed by atoms with van der Waals surface area (Å²) in [5.41, 5.74) is 4.50. The van der Waals surface area contributed by atoms with Crippen LogP contribution in [-0.2, 0) is 9.84 Å². The summed E-state index contributed by atoms with van der Waals surface area (Å²) in [5, 5.41) is 10.5. The molecule has 3 aromatic rings. The van der Waals surface area contributed by atoms with Gasteiger partial charge in [0.15, 0.2) is 14.9 Å². The third-order valence-corrected chi connectivity index (χ3v) is 4.90. The smallest absolute Gasteiger partial charge is 0.255 e. The fourth-order valence-electron chi connectivity index (χ4n) is 2.74. The van der Waals surface area contributed by atoms with E-state index >= 15 is 0 Å². The average molecular weight is 381 g/mol. The number of nitrogens with one attached hydrogen (secondary N) is 1. The summed E-state index contributed by atoms with van der Waals surface area (Å²) >= 11 is 0. The number of nitrogens with zero attached hydrogens (tertiary/aromatic N) is 2. The van der Waals surface area contributed by atoms with E-state index in [0.717, 1.165) is 22.9 Å². The molecule has 1 N–H and O–H groups in total. The molecule has 0 radical (unpaired) electrons. The van der Waals surface area contributed by atoms with E-state index < -0.39 is 9.84 Å². The highest BCUT2D eigenvalue weighted by Gasteiger charge is 2.11. The Hall–Kier alpha value is -3.06. The van der Waals surface area contributed by atoms with Crippen LogP contribution in [-0.4, -0.2) is 30.8 Å². The van der Waals surface area contributed by atoms with Crippen LogP contribution < -0.4 is 5.32 Å². The van der Waals surface area contributed by atoms with Crippen molar-refractivity contribution in [3.8, 4) is 11.3 Å². The lowest BCUT2D eigenvalue weighted by Crippen LogP contribution is -2.12. The number of anilines is 1. The number of aryl methyl sites for hydroxylation is 2. The van der Waals surface area contributed by atoms with Gasteiger partial charge in [-0.25, -0.2) is 8.42 Å². The zero-order valence-corrected chi connectivity index (χ0v) is 16.0. The Morgan fingerprint density at radius 1 is 0.926 bits per heavy atom. The molecular weight excluding hydrogens is 362 g/mol.